The number of hydrogen-bond donors (Lipinski definition) is 0. The SMILES string of the molecule is c1ccc(-c2nc(-c3ccccc3)nc(-c3ccc(-c4nc(-c5ccccc5)c(-c5ccccc5)nc4-c4ccncc4)cc3)n2)cc1. The van der Waals surface area contributed by atoms with Crippen LogP contribution in [0.1, 0.15) is 0 Å². The zero-order valence-electron chi connectivity index (χ0n) is 25.8. The average molecular weight is 617 g/mol. The van der Waals surface area contributed by atoms with Crippen molar-refractivity contribution in [3.05, 3.63) is 170 Å². The molecule has 0 spiro atoms. The molecule has 0 saturated carbocycles. The summed E-state index contributed by atoms with van der Waals surface area (Å²) < 4.78 is 0. The van der Waals surface area contributed by atoms with Gasteiger partial charge in [-0.3, -0.25) is 4.98 Å². The van der Waals surface area contributed by atoms with E-state index in [0.717, 1.165) is 61.7 Å². The van der Waals surface area contributed by atoms with Gasteiger partial charge in [-0.1, -0.05) is 146 Å². The monoisotopic (exact) mass is 616 g/mol. The van der Waals surface area contributed by atoms with E-state index in [0.29, 0.717) is 17.5 Å². The topological polar surface area (TPSA) is 77.3 Å². The minimum absolute atomic E-state index is 0.596. The molecule has 3 heterocycles. The number of hydrogen-bond acceptors (Lipinski definition) is 6. The largest absolute Gasteiger partial charge is 0.265 e. The standard InChI is InChI=1S/C42H28N6/c1-5-13-29(14-6-1)36-37(30-15-7-2-8-16-30)45-39(32-25-27-43-28-26-32)38(44-36)31-21-23-35(24-22-31)42-47-40(33-17-9-3-10-18-33)46-41(48-42)34-19-11-4-12-20-34/h1-28H. The van der Waals surface area contributed by atoms with Gasteiger partial charge >= 0.3 is 0 Å². The summed E-state index contributed by atoms with van der Waals surface area (Å²) in [6.07, 6.45) is 3.57. The van der Waals surface area contributed by atoms with Crippen LogP contribution in [0, 0.1) is 0 Å². The molecule has 0 atom stereocenters. The van der Waals surface area contributed by atoms with E-state index in [1.165, 1.54) is 0 Å². The van der Waals surface area contributed by atoms with Crippen LogP contribution in [0.2, 0.25) is 0 Å². The highest BCUT2D eigenvalue weighted by molar-refractivity contribution is 5.86. The Bertz CT molecular complexity index is 2240. The molecule has 0 bridgehead atoms. The molecule has 0 aliphatic carbocycles. The Labute approximate surface area is 278 Å². The molecule has 0 amide bonds. The average Bonchev–Trinajstić information content (AvgIpc) is 3.19. The van der Waals surface area contributed by atoms with Gasteiger partial charge in [-0.05, 0) is 12.1 Å². The molecule has 0 fully saturated rings. The molecule has 0 aliphatic rings. The molecule has 3 aromatic heterocycles. The van der Waals surface area contributed by atoms with E-state index in [9.17, 15) is 0 Å². The molecule has 48 heavy (non-hydrogen) atoms. The van der Waals surface area contributed by atoms with Gasteiger partial charge in [0.15, 0.2) is 17.5 Å². The van der Waals surface area contributed by atoms with E-state index in [4.69, 9.17) is 24.9 Å². The molecule has 6 heteroatoms. The minimum atomic E-state index is 0.596. The van der Waals surface area contributed by atoms with Gasteiger partial charge in [0.25, 0.3) is 0 Å². The van der Waals surface area contributed by atoms with Crippen LogP contribution in [0.5, 0.6) is 0 Å². The van der Waals surface area contributed by atoms with Gasteiger partial charge < -0.3 is 0 Å². The van der Waals surface area contributed by atoms with E-state index in [1.807, 2.05) is 121 Å². The molecule has 226 valence electrons. The minimum Gasteiger partial charge on any atom is -0.265 e. The van der Waals surface area contributed by atoms with Crippen LogP contribution in [0.25, 0.3) is 79.2 Å². The Balaban J connectivity index is 1.28. The summed E-state index contributed by atoms with van der Waals surface area (Å²) in [5, 5.41) is 0. The van der Waals surface area contributed by atoms with E-state index in [1.54, 1.807) is 12.4 Å². The number of nitrogens with zero attached hydrogens (tertiary/aromatic N) is 6. The summed E-state index contributed by atoms with van der Waals surface area (Å²) in [5.41, 5.74) is 9.78. The second kappa shape index (κ2) is 13.0. The fourth-order valence-corrected chi connectivity index (χ4v) is 5.66. The third-order valence-corrected chi connectivity index (χ3v) is 8.06. The van der Waals surface area contributed by atoms with Gasteiger partial charge in [-0.15, -0.1) is 0 Å². The van der Waals surface area contributed by atoms with Gasteiger partial charge in [0, 0.05) is 51.3 Å². The quantitative estimate of drug-likeness (QED) is 0.177. The van der Waals surface area contributed by atoms with Gasteiger partial charge in [0.2, 0.25) is 0 Å². The van der Waals surface area contributed by atoms with Crippen LogP contribution in [0.4, 0.5) is 0 Å². The van der Waals surface area contributed by atoms with Gasteiger partial charge in [0.1, 0.15) is 0 Å². The first-order chi connectivity index (χ1) is 23.8. The first kappa shape index (κ1) is 28.8. The van der Waals surface area contributed by atoms with Gasteiger partial charge in [0.05, 0.1) is 22.8 Å². The maximum atomic E-state index is 5.35. The summed E-state index contributed by atoms with van der Waals surface area (Å²) in [4.78, 5) is 29.6. The smallest absolute Gasteiger partial charge is 0.164 e. The molecular weight excluding hydrogens is 589 g/mol. The second-order valence-corrected chi connectivity index (χ2v) is 11.2. The predicted octanol–water partition coefficient (Wildman–Crippen LogP) is 9.73. The molecule has 0 radical (unpaired) electrons. The molecule has 5 aromatic carbocycles. The summed E-state index contributed by atoms with van der Waals surface area (Å²) in [6, 6.07) is 52.6. The summed E-state index contributed by atoms with van der Waals surface area (Å²) in [7, 11) is 0. The van der Waals surface area contributed by atoms with Crippen LogP contribution in [-0.4, -0.2) is 29.9 Å². The third kappa shape index (κ3) is 5.86. The van der Waals surface area contributed by atoms with Crippen molar-refractivity contribution >= 4 is 0 Å². The van der Waals surface area contributed by atoms with Crippen LogP contribution in [0.15, 0.2) is 170 Å². The lowest BCUT2D eigenvalue weighted by molar-refractivity contribution is 1.07. The van der Waals surface area contributed by atoms with Crippen molar-refractivity contribution in [1.82, 2.24) is 29.9 Å². The maximum Gasteiger partial charge on any atom is 0.164 e. The second-order valence-electron chi connectivity index (χ2n) is 11.2. The van der Waals surface area contributed by atoms with Crippen molar-refractivity contribution in [2.24, 2.45) is 0 Å². The van der Waals surface area contributed by atoms with Crippen molar-refractivity contribution in [1.29, 1.82) is 0 Å². The molecule has 0 unspecified atom stereocenters. The summed E-state index contributed by atoms with van der Waals surface area (Å²) >= 11 is 0. The Hall–Kier alpha value is -6.66. The number of aromatic nitrogens is 6. The van der Waals surface area contributed by atoms with Gasteiger partial charge in [-0.2, -0.15) is 0 Å². The van der Waals surface area contributed by atoms with Crippen molar-refractivity contribution in [2.75, 3.05) is 0 Å². The Morgan fingerprint density at radius 2 is 0.500 bits per heavy atom. The maximum absolute atomic E-state index is 5.35. The zero-order valence-corrected chi connectivity index (χ0v) is 25.8. The summed E-state index contributed by atoms with van der Waals surface area (Å²) in [5.74, 6) is 1.84. The highest BCUT2D eigenvalue weighted by Crippen LogP contribution is 2.37. The van der Waals surface area contributed by atoms with E-state index in [-0.39, 0.29) is 0 Å². The molecule has 8 aromatic rings. The first-order valence-corrected chi connectivity index (χ1v) is 15.7. The zero-order chi connectivity index (χ0) is 32.1. The van der Waals surface area contributed by atoms with Crippen molar-refractivity contribution in [2.45, 2.75) is 0 Å². The van der Waals surface area contributed by atoms with E-state index in [2.05, 4.69) is 41.4 Å². The molecule has 0 N–H and O–H groups in total. The predicted molar refractivity (Wildman–Crippen MR) is 191 cm³/mol. The number of benzene rings is 5. The lowest BCUT2D eigenvalue weighted by Crippen LogP contribution is -2.01. The van der Waals surface area contributed by atoms with Crippen LogP contribution >= 0.6 is 0 Å². The summed E-state index contributed by atoms with van der Waals surface area (Å²) in [6.45, 7) is 0. The van der Waals surface area contributed by atoms with Crippen LogP contribution < -0.4 is 0 Å². The number of rotatable bonds is 7. The fraction of sp³-hybridized carbons (Fsp3) is 0. The molecule has 8 rings (SSSR count). The highest BCUT2D eigenvalue weighted by atomic mass is 15.0. The van der Waals surface area contributed by atoms with Crippen molar-refractivity contribution in [3.63, 3.8) is 0 Å². The highest BCUT2D eigenvalue weighted by Gasteiger charge is 2.20. The van der Waals surface area contributed by atoms with Crippen LogP contribution in [0.3, 0.4) is 0 Å². The normalized spacial score (nSPS) is 10.9. The van der Waals surface area contributed by atoms with E-state index >= 15 is 0 Å². The first-order valence-electron chi connectivity index (χ1n) is 15.7. The number of pyridine rings is 1. The van der Waals surface area contributed by atoms with Crippen molar-refractivity contribution < 1.29 is 0 Å². The lowest BCUT2D eigenvalue weighted by Gasteiger charge is -2.16. The third-order valence-electron chi connectivity index (χ3n) is 8.06. The molecular formula is C42H28N6. The Morgan fingerprint density at radius 1 is 0.229 bits per heavy atom. The molecule has 0 aliphatic heterocycles. The lowest BCUT2D eigenvalue weighted by atomic mass is 9.99. The Kier molecular flexibility index (Phi) is 7.79. The van der Waals surface area contributed by atoms with Crippen molar-refractivity contribution in [3.8, 4) is 79.2 Å². The van der Waals surface area contributed by atoms with E-state index < -0.39 is 0 Å². The molecule has 0 saturated heterocycles. The van der Waals surface area contributed by atoms with Gasteiger partial charge in [-0.25, -0.2) is 24.9 Å². The fourth-order valence-electron chi connectivity index (χ4n) is 5.66. The van der Waals surface area contributed by atoms with Crippen LogP contribution in [-0.2, 0) is 0 Å². The Morgan fingerprint density at radius 3 is 0.875 bits per heavy atom. The molecule has 6 nitrogen and oxygen atoms in total.